The molecule has 150 valence electrons. The number of nitrogens with zero attached hydrogens (tertiary/aromatic N) is 2. The second kappa shape index (κ2) is 7.27. The number of fused-ring (bicyclic) bond motifs is 2. The zero-order valence-electron chi connectivity index (χ0n) is 16.1. The summed E-state index contributed by atoms with van der Waals surface area (Å²) in [5.41, 5.74) is 0.159. The van der Waals surface area contributed by atoms with Crippen molar-refractivity contribution in [3.05, 3.63) is 52.6 Å². The molecule has 2 heterocycles. The Hall–Kier alpha value is -3.29. The van der Waals surface area contributed by atoms with E-state index in [0.717, 1.165) is 4.90 Å². The highest BCUT2D eigenvalue weighted by Crippen LogP contribution is 2.36. The molecule has 2 aliphatic rings. The van der Waals surface area contributed by atoms with Crippen molar-refractivity contribution in [2.24, 2.45) is 11.8 Å². The molecule has 0 spiro atoms. The van der Waals surface area contributed by atoms with E-state index in [-0.39, 0.29) is 23.2 Å². The first-order valence-corrected chi connectivity index (χ1v) is 9.60. The predicted molar refractivity (Wildman–Crippen MR) is 104 cm³/mol. The molecule has 1 aromatic heterocycles. The van der Waals surface area contributed by atoms with Gasteiger partial charge in [-0.2, -0.15) is 0 Å². The van der Waals surface area contributed by atoms with Gasteiger partial charge < -0.3 is 9.72 Å². The van der Waals surface area contributed by atoms with Crippen molar-refractivity contribution in [1.82, 2.24) is 14.9 Å². The predicted octanol–water partition coefficient (Wildman–Crippen LogP) is 1.87. The van der Waals surface area contributed by atoms with Crippen LogP contribution in [0.2, 0.25) is 0 Å². The Bertz CT molecular complexity index is 1060. The Morgan fingerprint density at radius 1 is 1.10 bits per heavy atom. The highest BCUT2D eigenvalue weighted by molar-refractivity contribution is 6.08. The molecular formula is C21H21N3O5. The number of likely N-dealkylation sites (tertiary alicyclic amines) is 1. The number of ether oxygens (including phenoxy) is 1. The lowest BCUT2D eigenvalue weighted by atomic mass is 9.85. The molecule has 4 atom stereocenters. The molecule has 1 aliphatic heterocycles. The van der Waals surface area contributed by atoms with E-state index in [1.54, 1.807) is 31.2 Å². The van der Waals surface area contributed by atoms with Gasteiger partial charge in [0.2, 0.25) is 11.8 Å². The van der Waals surface area contributed by atoms with Gasteiger partial charge in [-0.25, -0.2) is 9.78 Å². The molecule has 1 aliphatic carbocycles. The van der Waals surface area contributed by atoms with Crippen molar-refractivity contribution in [1.29, 1.82) is 0 Å². The average molecular weight is 395 g/mol. The summed E-state index contributed by atoms with van der Waals surface area (Å²) >= 11 is 0. The number of nitrogens with one attached hydrogen (secondary N) is 1. The van der Waals surface area contributed by atoms with Crippen LogP contribution in [0.4, 0.5) is 0 Å². The molecule has 0 saturated carbocycles. The number of rotatable bonds is 4. The normalized spacial score (nSPS) is 23.2. The molecule has 2 aromatic rings. The minimum Gasteiger partial charge on any atom is -0.453 e. The number of esters is 1. The number of benzene rings is 1. The van der Waals surface area contributed by atoms with E-state index in [1.165, 1.54) is 6.92 Å². The average Bonchev–Trinajstić information content (AvgIpc) is 2.98. The van der Waals surface area contributed by atoms with Gasteiger partial charge in [-0.3, -0.25) is 19.3 Å². The first kappa shape index (κ1) is 19.0. The lowest BCUT2D eigenvalue weighted by Gasteiger charge is -2.23. The number of H-pyrrole nitrogens is 1. The van der Waals surface area contributed by atoms with Crippen LogP contribution in [0.25, 0.3) is 10.9 Å². The van der Waals surface area contributed by atoms with Crippen LogP contribution >= 0.6 is 0 Å². The zero-order valence-corrected chi connectivity index (χ0v) is 16.1. The maximum absolute atomic E-state index is 12.7. The number of aromatic nitrogens is 2. The van der Waals surface area contributed by atoms with Gasteiger partial charge in [-0.05, 0) is 38.8 Å². The molecule has 0 radical (unpaired) electrons. The Labute approximate surface area is 166 Å². The van der Waals surface area contributed by atoms with E-state index in [0.29, 0.717) is 23.7 Å². The quantitative estimate of drug-likeness (QED) is 0.481. The summed E-state index contributed by atoms with van der Waals surface area (Å²) < 4.78 is 5.43. The van der Waals surface area contributed by atoms with E-state index in [4.69, 9.17) is 4.74 Å². The maximum Gasteiger partial charge on any atom is 0.329 e. The van der Waals surface area contributed by atoms with Crippen LogP contribution in [0.5, 0.6) is 0 Å². The summed E-state index contributed by atoms with van der Waals surface area (Å²) in [4.78, 5) is 58.2. The highest BCUT2D eigenvalue weighted by Gasteiger charge is 2.50. The third kappa shape index (κ3) is 3.24. The minimum absolute atomic E-state index is 0.200. The monoisotopic (exact) mass is 395 g/mol. The number of hydrogen-bond donors (Lipinski definition) is 1. The van der Waals surface area contributed by atoms with Gasteiger partial charge in [0.1, 0.15) is 6.04 Å². The lowest BCUT2D eigenvalue weighted by Crippen LogP contribution is -2.44. The Morgan fingerprint density at radius 3 is 2.38 bits per heavy atom. The summed E-state index contributed by atoms with van der Waals surface area (Å²) in [6, 6.07) is 5.80. The second-order valence-electron chi connectivity index (χ2n) is 7.43. The number of carbonyl (C=O) groups excluding carboxylic acids is 3. The van der Waals surface area contributed by atoms with Crippen LogP contribution in [0.1, 0.15) is 38.6 Å². The van der Waals surface area contributed by atoms with Crippen LogP contribution < -0.4 is 5.56 Å². The van der Waals surface area contributed by atoms with Crippen molar-refractivity contribution in [3.8, 4) is 0 Å². The van der Waals surface area contributed by atoms with Gasteiger partial charge in [0.15, 0.2) is 11.9 Å². The lowest BCUT2D eigenvalue weighted by molar-refractivity contribution is -0.161. The van der Waals surface area contributed by atoms with Gasteiger partial charge in [0.05, 0.1) is 22.7 Å². The van der Waals surface area contributed by atoms with Gasteiger partial charge in [-0.15, -0.1) is 0 Å². The summed E-state index contributed by atoms with van der Waals surface area (Å²) in [5.74, 6) is -2.00. The molecule has 0 bridgehead atoms. The fraction of sp³-hybridized carbons (Fsp3) is 0.381. The minimum atomic E-state index is -1.05. The smallest absolute Gasteiger partial charge is 0.329 e. The Morgan fingerprint density at radius 2 is 1.72 bits per heavy atom. The second-order valence-corrected chi connectivity index (χ2v) is 7.43. The number of carbonyl (C=O) groups is 3. The zero-order chi connectivity index (χ0) is 20.7. The van der Waals surface area contributed by atoms with Gasteiger partial charge in [-0.1, -0.05) is 24.3 Å². The number of amides is 2. The molecule has 1 N–H and O–H groups in total. The molecule has 8 nitrogen and oxygen atoms in total. The molecule has 29 heavy (non-hydrogen) atoms. The number of para-hydroxylation sites is 1. The van der Waals surface area contributed by atoms with Crippen molar-refractivity contribution in [2.45, 2.75) is 38.8 Å². The maximum atomic E-state index is 12.7. The first-order valence-electron chi connectivity index (χ1n) is 9.60. The fourth-order valence-corrected chi connectivity index (χ4v) is 3.94. The SMILES string of the molecule is C[C@H](OC(=O)[C@H](C)N1C(=O)[C@H]2CC=CC[C@H]2C1=O)c1nc2ccccc2c(=O)[nH]1. The topological polar surface area (TPSA) is 109 Å². The molecule has 0 unspecified atom stereocenters. The standard InChI is InChI=1S/C21H21N3O5/c1-11(24-19(26)13-7-3-4-8-14(13)20(24)27)21(28)29-12(2)17-22-16-10-6-5-9-15(16)18(25)23-17/h3-6,9-14H,7-8H2,1-2H3,(H,22,23,25)/t11-,12-,13-,14+/m0/s1. The highest BCUT2D eigenvalue weighted by atomic mass is 16.5. The van der Waals surface area contributed by atoms with E-state index in [9.17, 15) is 19.2 Å². The number of aromatic amines is 1. The van der Waals surface area contributed by atoms with Crippen LogP contribution in [-0.2, 0) is 19.1 Å². The number of hydrogen-bond acceptors (Lipinski definition) is 6. The van der Waals surface area contributed by atoms with E-state index < -0.39 is 30.0 Å². The van der Waals surface area contributed by atoms with Crippen molar-refractivity contribution < 1.29 is 19.1 Å². The first-order chi connectivity index (χ1) is 13.9. The number of imide groups is 1. The molecule has 1 aromatic carbocycles. The molecule has 8 heteroatoms. The van der Waals surface area contributed by atoms with Crippen LogP contribution in [0.3, 0.4) is 0 Å². The number of allylic oxidation sites excluding steroid dienone is 2. The van der Waals surface area contributed by atoms with Crippen molar-refractivity contribution >= 4 is 28.7 Å². The molecule has 4 rings (SSSR count). The van der Waals surface area contributed by atoms with E-state index in [1.807, 2.05) is 12.2 Å². The van der Waals surface area contributed by atoms with Gasteiger partial charge >= 0.3 is 5.97 Å². The summed E-state index contributed by atoms with van der Waals surface area (Å²) in [7, 11) is 0. The molecule has 2 amide bonds. The van der Waals surface area contributed by atoms with Gasteiger partial charge in [0, 0.05) is 0 Å². The molecular weight excluding hydrogens is 374 g/mol. The summed E-state index contributed by atoms with van der Waals surface area (Å²) in [6.45, 7) is 3.06. The Balaban J connectivity index is 1.51. The van der Waals surface area contributed by atoms with Crippen LogP contribution in [-0.4, -0.2) is 38.7 Å². The van der Waals surface area contributed by atoms with E-state index in [2.05, 4.69) is 9.97 Å². The summed E-state index contributed by atoms with van der Waals surface area (Å²) in [5, 5.41) is 0.438. The Kier molecular flexibility index (Phi) is 4.77. The molecule has 1 fully saturated rings. The third-order valence-electron chi connectivity index (χ3n) is 5.58. The summed E-state index contributed by atoms with van der Waals surface area (Å²) in [6.07, 6.45) is 3.95. The largest absolute Gasteiger partial charge is 0.453 e. The van der Waals surface area contributed by atoms with Crippen LogP contribution in [0, 0.1) is 11.8 Å². The van der Waals surface area contributed by atoms with Gasteiger partial charge in [0.25, 0.3) is 5.56 Å². The van der Waals surface area contributed by atoms with Crippen molar-refractivity contribution in [3.63, 3.8) is 0 Å². The van der Waals surface area contributed by atoms with E-state index >= 15 is 0 Å². The van der Waals surface area contributed by atoms with Crippen LogP contribution in [0.15, 0.2) is 41.2 Å². The molecule has 1 saturated heterocycles. The fourth-order valence-electron chi connectivity index (χ4n) is 3.94. The van der Waals surface area contributed by atoms with Crippen molar-refractivity contribution in [2.75, 3.05) is 0 Å². The third-order valence-corrected chi connectivity index (χ3v) is 5.58.